The van der Waals surface area contributed by atoms with Crippen LogP contribution in [-0.4, -0.2) is 16.1 Å². The van der Waals surface area contributed by atoms with E-state index in [0.717, 1.165) is 12.1 Å². The molecule has 0 atom stereocenters. The maximum atomic E-state index is 11.9. The van der Waals surface area contributed by atoms with Crippen molar-refractivity contribution in [1.29, 1.82) is 5.26 Å². The first-order valence-electron chi connectivity index (χ1n) is 6.26. The largest absolute Gasteiger partial charge is 0.506 e. The van der Waals surface area contributed by atoms with Gasteiger partial charge in [0.05, 0.1) is 39.0 Å². The van der Waals surface area contributed by atoms with Crippen LogP contribution in [0.3, 0.4) is 0 Å². The number of benzene rings is 2. The van der Waals surface area contributed by atoms with Crippen LogP contribution < -0.4 is 10.6 Å². The zero-order valence-corrected chi connectivity index (χ0v) is 13.2. The summed E-state index contributed by atoms with van der Waals surface area (Å²) in [6.45, 7) is 0. The van der Waals surface area contributed by atoms with Crippen LogP contribution >= 0.6 is 23.2 Å². The van der Waals surface area contributed by atoms with E-state index in [4.69, 9.17) is 28.5 Å². The zero-order chi connectivity index (χ0) is 17.9. The summed E-state index contributed by atoms with van der Waals surface area (Å²) in [5.74, 6) is -0.521. The number of urea groups is 1. The summed E-state index contributed by atoms with van der Waals surface area (Å²) in [5.41, 5.74) is -0.0467. The van der Waals surface area contributed by atoms with Crippen molar-refractivity contribution in [1.82, 2.24) is 0 Å². The van der Waals surface area contributed by atoms with Gasteiger partial charge in [-0.05, 0) is 24.3 Å². The van der Waals surface area contributed by atoms with Crippen molar-refractivity contribution in [3.63, 3.8) is 0 Å². The van der Waals surface area contributed by atoms with E-state index >= 15 is 0 Å². The number of nitro benzene ring substituents is 1. The molecule has 0 bridgehead atoms. The standard InChI is InChI=1S/C14H8Cl2N4O4/c15-8-3-7(6-17)1-2-10(8)18-14(22)19-11-4-9(16)12(20(23)24)5-13(11)21/h1-5,21H,(H2,18,19,22). The van der Waals surface area contributed by atoms with Gasteiger partial charge >= 0.3 is 6.03 Å². The molecule has 10 heteroatoms. The van der Waals surface area contributed by atoms with Gasteiger partial charge in [0.25, 0.3) is 5.69 Å². The van der Waals surface area contributed by atoms with Gasteiger partial charge in [0.2, 0.25) is 0 Å². The lowest BCUT2D eigenvalue weighted by molar-refractivity contribution is -0.384. The number of carbonyl (C=O) groups is 1. The fourth-order valence-electron chi connectivity index (χ4n) is 1.75. The Labute approximate surface area is 145 Å². The lowest BCUT2D eigenvalue weighted by atomic mass is 10.2. The summed E-state index contributed by atoms with van der Waals surface area (Å²) in [5, 5.41) is 33.8. The molecule has 2 rings (SSSR count). The van der Waals surface area contributed by atoms with Gasteiger partial charge in [-0.1, -0.05) is 23.2 Å². The Morgan fingerprint density at radius 1 is 1.17 bits per heavy atom. The predicted molar refractivity (Wildman–Crippen MR) is 88.6 cm³/mol. The summed E-state index contributed by atoms with van der Waals surface area (Å²) in [7, 11) is 0. The minimum atomic E-state index is -0.762. The van der Waals surface area contributed by atoms with Crippen LogP contribution in [0, 0.1) is 21.4 Å². The summed E-state index contributed by atoms with van der Waals surface area (Å²) < 4.78 is 0. The quantitative estimate of drug-likeness (QED) is 0.427. The van der Waals surface area contributed by atoms with Gasteiger partial charge in [0.1, 0.15) is 10.8 Å². The van der Waals surface area contributed by atoms with Crippen LogP contribution in [0.5, 0.6) is 5.75 Å². The molecule has 0 aliphatic rings. The predicted octanol–water partition coefficient (Wildman–Crippen LogP) is 4.12. The Bertz CT molecular complexity index is 880. The number of nitro groups is 1. The Morgan fingerprint density at radius 2 is 1.83 bits per heavy atom. The van der Waals surface area contributed by atoms with Gasteiger partial charge in [-0.2, -0.15) is 5.26 Å². The van der Waals surface area contributed by atoms with Gasteiger partial charge in [0.15, 0.2) is 0 Å². The van der Waals surface area contributed by atoms with E-state index in [1.807, 2.05) is 6.07 Å². The van der Waals surface area contributed by atoms with Crippen LogP contribution in [0.4, 0.5) is 21.9 Å². The van der Waals surface area contributed by atoms with Crippen LogP contribution in [-0.2, 0) is 0 Å². The highest BCUT2D eigenvalue weighted by molar-refractivity contribution is 6.34. The molecule has 2 aromatic rings. The Balaban J connectivity index is 2.17. The molecule has 24 heavy (non-hydrogen) atoms. The SMILES string of the molecule is N#Cc1ccc(NC(=O)Nc2cc(Cl)c([N+](=O)[O-])cc2O)c(Cl)c1. The van der Waals surface area contributed by atoms with E-state index in [1.165, 1.54) is 18.2 Å². The highest BCUT2D eigenvalue weighted by Gasteiger charge is 2.18. The highest BCUT2D eigenvalue weighted by Crippen LogP contribution is 2.35. The number of amides is 2. The Hall–Kier alpha value is -3.02. The third-order valence-corrected chi connectivity index (χ3v) is 3.47. The Kier molecular flexibility index (Phi) is 5.08. The van der Waals surface area contributed by atoms with E-state index in [-0.39, 0.29) is 21.4 Å². The lowest BCUT2D eigenvalue weighted by Crippen LogP contribution is -2.19. The molecule has 122 valence electrons. The van der Waals surface area contributed by atoms with Crippen LogP contribution in [0.1, 0.15) is 5.56 Å². The molecule has 2 aromatic carbocycles. The normalized spacial score (nSPS) is 9.88. The molecule has 8 nitrogen and oxygen atoms in total. The van der Waals surface area contributed by atoms with Crippen molar-refractivity contribution in [2.24, 2.45) is 0 Å². The number of nitriles is 1. The van der Waals surface area contributed by atoms with Crippen molar-refractivity contribution < 1.29 is 14.8 Å². The van der Waals surface area contributed by atoms with Crippen molar-refractivity contribution in [2.75, 3.05) is 10.6 Å². The number of anilines is 2. The average molecular weight is 367 g/mol. The number of phenols is 1. The number of nitrogens with zero attached hydrogens (tertiary/aromatic N) is 2. The van der Waals surface area contributed by atoms with Crippen molar-refractivity contribution >= 4 is 46.3 Å². The van der Waals surface area contributed by atoms with Gasteiger partial charge in [0, 0.05) is 0 Å². The summed E-state index contributed by atoms with van der Waals surface area (Å²) in [6.07, 6.45) is 0. The van der Waals surface area contributed by atoms with Crippen molar-refractivity contribution in [2.45, 2.75) is 0 Å². The number of nitrogens with one attached hydrogen (secondary N) is 2. The summed E-state index contributed by atoms with van der Waals surface area (Å²) in [4.78, 5) is 21.9. The molecule has 0 unspecified atom stereocenters. The van der Waals surface area contributed by atoms with Crippen LogP contribution in [0.25, 0.3) is 0 Å². The van der Waals surface area contributed by atoms with E-state index in [9.17, 15) is 20.0 Å². The van der Waals surface area contributed by atoms with Gasteiger partial charge in [-0.3, -0.25) is 10.1 Å². The van der Waals surface area contributed by atoms with E-state index in [2.05, 4.69) is 10.6 Å². The topological polar surface area (TPSA) is 128 Å². The van der Waals surface area contributed by atoms with Crippen molar-refractivity contribution in [3.8, 4) is 11.8 Å². The highest BCUT2D eigenvalue weighted by atomic mass is 35.5. The fourth-order valence-corrected chi connectivity index (χ4v) is 2.21. The van der Waals surface area contributed by atoms with Crippen LogP contribution in [0.15, 0.2) is 30.3 Å². The molecule has 0 heterocycles. The second-order valence-electron chi connectivity index (χ2n) is 4.46. The summed E-state index contributed by atoms with van der Waals surface area (Å²) in [6, 6.07) is 7.28. The van der Waals surface area contributed by atoms with E-state index in [1.54, 1.807) is 0 Å². The first-order valence-corrected chi connectivity index (χ1v) is 7.02. The third-order valence-electron chi connectivity index (χ3n) is 2.86. The van der Waals surface area contributed by atoms with Gasteiger partial charge in [-0.25, -0.2) is 4.79 Å². The molecular formula is C14H8Cl2N4O4. The minimum absolute atomic E-state index is 0.118. The van der Waals surface area contributed by atoms with Gasteiger partial charge in [-0.15, -0.1) is 0 Å². The number of halogens is 2. The van der Waals surface area contributed by atoms with Crippen molar-refractivity contribution in [3.05, 3.63) is 56.1 Å². The molecule has 0 aliphatic heterocycles. The third kappa shape index (κ3) is 3.84. The molecule has 0 fully saturated rings. The average Bonchev–Trinajstić information content (AvgIpc) is 2.52. The summed E-state index contributed by atoms with van der Waals surface area (Å²) >= 11 is 11.7. The first-order chi connectivity index (χ1) is 11.3. The van der Waals surface area contributed by atoms with Gasteiger partial charge < -0.3 is 15.7 Å². The Morgan fingerprint density at radius 3 is 2.42 bits per heavy atom. The monoisotopic (exact) mass is 366 g/mol. The first kappa shape index (κ1) is 17.3. The zero-order valence-electron chi connectivity index (χ0n) is 11.7. The number of rotatable bonds is 3. The second kappa shape index (κ2) is 7.04. The molecule has 0 aliphatic carbocycles. The van der Waals surface area contributed by atoms with Crippen LogP contribution in [0.2, 0.25) is 10.0 Å². The molecule has 0 saturated carbocycles. The number of aromatic hydroxyl groups is 1. The number of carbonyl (C=O) groups excluding carboxylic acids is 1. The molecule has 0 aromatic heterocycles. The number of hydrogen-bond donors (Lipinski definition) is 3. The molecular weight excluding hydrogens is 359 g/mol. The molecule has 0 saturated heterocycles. The van der Waals surface area contributed by atoms with E-state index in [0.29, 0.717) is 5.56 Å². The lowest BCUT2D eigenvalue weighted by Gasteiger charge is -2.10. The number of phenolic OH excluding ortho intramolecular Hbond substituents is 1. The smallest absolute Gasteiger partial charge is 0.323 e. The molecule has 0 radical (unpaired) electrons. The molecule has 2 amide bonds. The minimum Gasteiger partial charge on any atom is -0.506 e. The maximum Gasteiger partial charge on any atom is 0.323 e. The number of hydrogen-bond acceptors (Lipinski definition) is 5. The molecule has 3 N–H and O–H groups in total. The maximum absolute atomic E-state index is 11.9. The molecule has 0 spiro atoms. The van der Waals surface area contributed by atoms with E-state index < -0.39 is 22.4 Å². The second-order valence-corrected chi connectivity index (χ2v) is 5.28. The fraction of sp³-hybridized carbons (Fsp3) is 0.